The summed E-state index contributed by atoms with van der Waals surface area (Å²) in [4.78, 5) is 38.0. The van der Waals surface area contributed by atoms with Gasteiger partial charge in [0.2, 0.25) is 0 Å². The number of fused-ring (bicyclic) bond motifs is 1. The molecule has 0 aromatic heterocycles. The molecule has 4 amide bonds. The molecule has 1 aliphatic heterocycles. The Morgan fingerprint density at radius 1 is 1.35 bits per heavy atom. The van der Waals surface area contributed by atoms with Crippen LogP contribution in [0.25, 0.3) is 0 Å². The first-order valence-electron chi connectivity index (χ1n) is 7.91. The van der Waals surface area contributed by atoms with Crippen LogP contribution >= 0.6 is 11.6 Å². The first-order valence-corrected chi connectivity index (χ1v) is 8.29. The molecule has 1 aromatic carbocycles. The highest BCUT2D eigenvalue weighted by Crippen LogP contribution is 2.42. The first kappa shape index (κ1) is 18.5. The number of amides is 4. The number of urea groups is 1. The molecule has 1 aromatic rings. The normalized spacial score (nSPS) is 22.5. The summed E-state index contributed by atoms with van der Waals surface area (Å²) in [5, 5.41) is 1.61. The molecular weight excluding hydrogens is 372 g/mol. The number of quaternary nitrogens is 1. The number of ether oxygens (including phenoxy) is 1. The van der Waals surface area contributed by atoms with E-state index in [1.807, 2.05) is 0 Å². The number of benzene rings is 1. The molecule has 1 saturated carbocycles. The van der Waals surface area contributed by atoms with Crippen LogP contribution in [0.4, 0.5) is 24.1 Å². The lowest BCUT2D eigenvalue weighted by Crippen LogP contribution is -2.71. The van der Waals surface area contributed by atoms with Crippen molar-refractivity contribution in [3.8, 4) is 0 Å². The van der Waals surface area contributed by atoms with Crippen molar-refractivity contribution in [1.82, 2.24) is 5.43 Å². The predicted octanol–water partition coefficient (Wildman–Crippen LogP) is 3.72. The van der Waals surface area contributed by atoms with Gasteiger partial charge in [0.15, 0.2) is 11.6 Å². The Morgan fingerprint density at radius 3 is 2.50 bits per heavy atom. The molecule has 0 bridgehead atoms. The summed E-state index contributed by atoms with van der Waals surface area (Å²) >= 11 is 5.73. The molecule has 1 aliphatic carbocycles. The van der Waals surface area contributed by atoms with Crippen molar-refractivity contribution in [3.05, 3.63) is 28.3 Å². The standard InChI is InChI=1S/C16H16ClF2N3O4/c1-16(2,3)26-15(25)21-22(7-4-5-7)13(23)8-6-9(18)11(19)10(17)12(8)20-14(22)24/h6-7H,4-5H2,1-3H3,(H-,20,21,23,24,25)/p+1. The molecule has 1 heterocycles. The SMILES string of the molecule is CC(C)(C)OC(=O)N[N+]1(C2CC2)C(=O)Nc2c(cc(F)c(F)c2Cl)C1=O. The summed E-state index contributed by atoms with van der Waals surface area (Å²) in [6, 6.07) is -0.788. The lowest BCUT2D eigenvalue weighted by atomic mass is 10.1. The maximum absolute atomic E-state index is 13.7. The second kappa shape index (κ2) is 5.88. The first-order chi connectivity index (χ1) is 12.0. The van der Waals surface area contributed by atoms with E-state index in [0.717, 1.165) is 0 Å². The molecule has 1 fully saturated rings. The van der Waals surface area contributed by atoms with Gasteiger partial charge in [-0.2, -0.15) is 0 Å². The number of anilines is 1. The van der Waals surface area contributed by atoms with E-state index in [1.54, 1.807) is 20.8 Å². The smallest absolute Gasteiger partial charge is 0.441 e. The molecule has 1 atom stereocenters. The quantitative estimate of drug-likeness (QED) is 0.597. The molecule has 1 unspecified atom stereocenters. The molecule has 0 saturated heterocycles. The van der Waals surface area contributed by atoms with Gasteiger partial charge in [-0.15, -0.1) is 5.43 Å². The van der Waals surface area contributed by atoms with Gasteiger partial charge < -0.3 is 4.74 Å². The molecule has 2 aliphatic rings. The molecule has 2 N–H and O–H groups in total. The van der Waals surface area contributed by atoms with Crippen LogP contribution in [0.5, 0.6) is 0 Å². The molecule has 0 radical (unpaired) electrons. The molecule has 140 valence electrons. The minimum atomic E-state index is -1.37. The van der Waals surface area contributed by atoms with E-state index >= 15 is 0 Å². The zero-order valence-corrected chi connectivity index (χ0v) is 15.0. The van der Waals surface area contributed by atoms with Gasteiger partial charge >= 0.3 is 18.0 Å². The number of carbonyl (C=O) groups is 3. The number of imide groups is 1. The largest absolute Gasteiger partial charge is 0.454 e. The number of hydrogen-bond donors (Lipinski definition) is 2. The maximum atomic E-state index is 13.7. The van der Waals surface area contributed by atoms with E-state index in [2.05, 4.69) is 10.7 Å². The second-order valence-corrected chi connectivity index (χ2v) is 7.59. The van der Waals surface area contributed by atoms with Crippen molar-refractivity contribution in [2.45, 2.75) is 45.3 Å². The Labute approximate surface area is 152 Å². The summed E-state index contributed by atoms with van der Waals surface area (Å²) in [6.07, 6.45) is -0.00586. The topological polar surface area (TPSA) is 84.5 Å². The van der Waals surface area contributed by atoms with Crippen LogP contribution in [0.1, 0.15) is 44.0 Å². The van der Waals surface area contributed by atoms with Crippen molar-refractivity contribution in [2.75, 3.05) is 5.32 Å². The summed E-state index contributed by atoms with van der Waals surface area (Å²) in [5.74, 6) is -3.60. The van der Waals surface area contributed by atoms with Crippen LogP contribution in [0.3, 0.4) is 0 Å². The number of hydrogen-bond acceptors (Lipinski definition) is 4. The van der Waals surface area contributed by atoms with Crippen LogP contribution in [0.2, 0.25) is 5.02 Å². The van der Waals surface area contributed by atoms with Crippen molar-refractivity contribution < 1.29 is 32.5 Å². The highest BCUT2D eigenvalue weighted by molar-refractivity contribution is 6.35. The van der Waals surface area contributed by atoms with Gasteiger partial charge in [-0.3, -0.25) is 5.32 Å². The van der Waals surface area contributed by atoms with Crippen LogP contribution in [0.15, 0.2) is 6.07 Å². The Bertz CT molecular complexity index is 836. The van der Waals surface area contributed by atoms with Crippen molar-refractivity contribution in [1.29, 1.82) is 0 Å². The molecule has 26 heavy (non-hydrogen) atoms. The van der Waals surface area contributed by atoms with Gasteiger partial charge in [-0.25, -0.2) is 23.2 Å². The summed E-state index contributed by atoms with van der Waals surface area (Å²) < 4.78 is 31.4. The second-order valence-electron chi connectivity index (χ2n) is 7.21. The monoisotopic (exact) mass is 388 g/mol. The Kier molecular flexibility index (Phi) is 4.19. The Morgan fingerprint density at radius 2 is 1.96 bits per heavy atom. The van der Waals surface area contributed by atoms with Crippen LogP contribution in [0, 0.1) is 11.6 Å². The van der Waals surface area contributed by atoms with E-state index in [-0.39, 0.29) is 11.3 Å². The zero-order chi connectivity index (χ0) is 19.4. The van der Waals surface area contributed by atoms with Gasteiger partial charge in [0, 0.05) is 12.8 Å². The zero-order valence-electron chi connectivity index (χ0n) is 14.3. The number of halogens is 3. The minimum absolute atomic E-state index is 0.319. The maximum Gasteiger partial charge on any atom is 0.454 e. The van der Waals surface area contributed by atoms with Crippen molar-refractivity contribution in [2.24, 2.45) is 0 Å². The third-order valence-corrected chi connectivity index (χ3v) is 4.38. The molecule has 3 rings (SSSR count). The van der Waals surface area contributed by atoms with Crippen molar-refractivity contribution >= 4 is 35.3 Å². The molecular formula is C16H17ClF2N3O4+. The highest BCUT2D eigenvalue weighted by Gasteiger charge is 2.62. The van der Waals surface area contributed by atoms with Gasteiger partial charge in [0.05, 0.1) is 5.69 Å². The van der Waals surface area contributed by atoms with Crippen molar-refractivity contribution in [3.63, 3.8) is 0 Å². The fraction of sp³-hybridized carbons (Fsp3) is 0.438. The van der Waals surface area contributed by atoms with Gasteiger partial charge in [-0.05, 0) is 26.8 Å². The van der Waals surface area contributed by atoms with Gasteiger partial charge in [-0.1, -0.05) is 16.2 Å². The average Bonchev–Trinajstić information content (AvgIpc) is 3.34. The third kappa shape index (κ3) is 2.90. The van der Waals surface area contributed by atoms with Crippen LogP contribution in [-0.2, 0) is 4.74 Å². The molecule has 0 spiro atoms. The summed E-state index contributed by atoms with van der Waals surface area (Å²) in [7, 11) is 0. The average molecular weight is 389 g/mol. The van der Waals surface area contributed by atoms with Crippen LogP contribution < -0.4 is 10.7 Å². The molecule has 7 nitrogen and oxygen atoms in total. The molecule has 10 heteroatoms. The number of carbonyl (C=O) groups excluding carboxylic acids is 3. The fourth-order valence-electron chi connectivity index (χ4n) is 2.79. The van der Waals surface area contributed by atoms with E-state index in [9.17, 15) is 23.2 Å². The number of rotatable bonds is 2. The number of nitrogens with one attached hydrogen (secondary N) is 2. The summed E-state index contributed by atoms with van der Waals surface area (Å²) in [6.45, 7) is 4.87. The lowest BCUT2D eigenvalue weighted by molar-refractivity contribution is -0.815. The van der Waals surface area contributed by atoms with Gasteiger partial charge in [0.25, 0.3) is 0 Å². The highest BCUT2D eigenvalue weighted by atomic mass is 35.5. The number of nitrogens with zero attached hydrogens (tertiary/aromatic N) is 1. The summed E-state index contributed by atoms with van der Waals surface area (Å²) in [5.41, 5.74) is 0.801. The Balaban J connectivity index is 2.06. The van der Waals surface area contributed by atoms with E-state index in [1.165, 1.54) is 0 Å². The van der Waals surface area contributed by atoms with Gasteiger partial charge in [0.1, 0.15) is 22.2 Å². The third-order valence-electron chi connectivity index (χ3n) is 4.03. The van der Waals surface area contributed by atoms with E-state index < -0.39 is 50.9 Å². The van der Waals surface area contributed by atoms with E-state index in [4.69, 9.17) is 16.3 Å². The predicted molar refractivity (Wildman–Crippen MR) is 87.4 cm³/mol. The lowest BCUT2D eigenvalue weighted by Gasteiger charge is -2.36. The van der Waals surface area contributed by atoms with E-state index in [0.29, 0.717) is 18.9 Å². The van der Waals surface area contributed by atoms with Crippen LogP contribution in [-0.4, -0.2) is 34.3 Å². The fourth-order valence-corrected chi connectivity index (χ4v) is 3.03. The Hall–Kier alpha value is -2.26. The minimum Gasteiger partial charge on any atom is -0.441 e.